The Morgan fingerprint density at radius 2 is 2.33 bits per heavy atom. The number of anilines is 2. The van der Waals surface area contributed by atoms with Crippen molar-refractivity contribution in [3.05, 3.63) is 16.1 Å². The first-order chi connectivity index (χ1) is 8.65. The Labute approximate surface area is 116 Å². The maximum Gasteiger partial charge on any atom is 0.161 e. The maximum absolute atomic E-state index is 6.18. The van der Waals surface area contributed by atoms with E-state index in [1.807, 2.05) is 0 Å². The Balaban J connectivity index is 2.26. The number of rotatable bonds is 3. The topological polar surface area (TPSA) is 63.4 Å². The molecule has 1 aliphatic heterocycles. The summed E-state index contributed by atoms with van der Waals surface area (Å²) in [5.74, 6) is 6.49. The molecule has 3 N–H and O–H groups in total. The van der Waals surface area contributed by atoms with Crippen molar-refractivity contribution in [2.24, 2.45) is 5.84 Å². The fourth-order valence-electron chi connectivity index (χ4n) is 1.94. The zero-order valence-electron chi connectivity index (χ0n) is 10.1. The van der Waals surface area contributed by atoms with E-state index in [1.165, 1.54) is 0 Å². The molecule has 0 radical (unpaired) electrons. The van der Waals surface area contributed by atoms with Gasteiger partial charge in [0.05, 0.1) is 22.8 Å². The Hall–Kier alpha value is -0.750. The third kappa shape index (κ3) is 2.80. The minimum Gasteiger partial charge on any atom is -0.375 e. The lowest BCUT2D eigenvalue weighted by Gasteiger charge is -2.34. The summed E-state index contributed by atoms with van der Waals surface area (Å²) >= 11 is 12.1. The summed E-state index contributed by atoms with van der Waals surface area (Å²) in [7, 11) is 0. The van der Waals surface area contributed by atoms with Gasteiger partial charge >= 0.3 is 0 Å². The van der Waals surface area contributed by atoms with Gasteiger partial charge in [-0.2, -0.15) is 0 Å². The molecule has 1 aliphatic rings. The molecule has 7 heteroatoms. The fourth-order valence-corrected chi connectivity index (χ4v) is 2.47. The summed E-state index contributed by atoms with van der Waals surface area (Å²) in [6, 6.07) is 1.65. The van der Waals surface area contributed by atoms with Gasteiger partial charge in [0.25, 0.3) is 0 Å². The lowest BCUT2D eigenvalue weighted by molar-refractivity contribution is 0.0382. The number of hydrogen-bond donors (Lipinski definition) is 2. The molecule has 0 aliphatic carbocycles. The van der Waals surface area contributed by atoms with E-state index in [9.17, 15) is 0 Å². The molecular weight excluding hydrogens is 275 g/mol. The predicted molar refractivity (Wildman–Crippen MR) is 74.3 cm³/mol. The van der Waals surface area contributed by atoms with Crippen LogP contribution in [-0.4, -0.2) is 30.8 Å². The van der Waals surface area contributed by atoms with E-state index in [1.54, 1.807) is 6.07 Å². The normalized spacial score (nSPS) is 20.0. The van der Waals surface area contributed by atoms with Crippen LogP contribution in [0.15, 0.2) is 6.07 Å². The van der Waals surface area contributed by atoms with Crippen LogP contribution in [0.25, 0.3) is 0 Å². The number of pyridine rings is 1. The lowest BCUT2D eigenvalue weighted by atomic mass is 10.2. The molecule has 1 unspecified atom stereocenters. The number of hydrazine groups is 1. The van der Waals surface area contributed by atoms with Gasteiger partial charge in [0.2, 0.25) is 0 Å². The second-order valence-corrected chi connectivity index (χ2v) is 4.93. The summed E-state index contributed by atoms with van der Waals surface area (Å²) in [6.07, 6.45) is 1.17. The predicted octanol–water partition coefficient (Wildman–Crippen LogP) is 2.29. The summed E-state index contributed by atoms with van der Waals surface area (Å²) in [6.45, 7) is 4.30. The molecule has 0 spiro atoms. The summed E-state index contributed by atoms with van der Waals surface area (Å²) in [5, 5.41) is 0.933. The third-order valence-electron chi connectivity index (χ3n) is 2.94. The Kier molecular flexibility index (Phi) is 4.50. The number of nitrogens with one attached hydrogen (secondary N) is 1. The van der Waals surface area contributed by atoms with Crippen LogP contribution in [0, 0.1) is 0 Å². The minimum absolute atomic E-state index is 0.210. The van der Waals surface area contributed by atoms with Gasteiger partial charge < -0.3 is 15.1 Å². The Morgan fingerprint density at radius 1 is 1.56 bits per heavy atom. The third-order valence-corrected chi connectivity index (χ3v) is 3.51. The van der Waals surface area contributed by atoms with Crippen LogP contribution in [0.4, 0.5) is 11.6 Å². The quantitative estimate of drug-likeness (QED) is 0.661. The second-order valence-electron chi connectivity index (χ2n) is 4.12. The molecular formula is C11H16Cl2N4O. The van der Waals surface area contributed by atoms with Crippen molar-refractivity contribution < 1.29 is 4.74 Å². The molecule has 100 valence electrons. The SMILES string of the molecule is CCC1CN(c2nc(NN)c(Cl)cc2Cl)CCO1. The largest absolute Gasteiger partial charge is 0.375 e. The highest BCUT2D eigenvalue weighted by Crippen LogP contribution is 2.32. The molecule has 5 nitrogen and oxygen atoms in total. The highest BCUT2D eigenvalue weighted by Gasteiger charge is 2.22. The molecule has 0 bridgehead atoms. The number of nitrogens with zero attached hydrogens (tertiary/aromatic N) is 2. The first-order valence-corrected chi connectivity index (χ1v) is 6.60. The molecule has 1 atom stereocenters. The zero-order valence-corrected chi connectivity index (χ0v) is 11.6. The second kappa shape index (κ2) is 5.93. The molecule has 18 heavy (non-hydrogen) atoms. The molecule has 1 aromatic heterocycles. The van der Waals surface area contributed by atoms with Crippen LogP contribution >= 0.6 is 23.2 Å². The van der Waals surface area contributed by atoms with Crippen LogP contribution in [0.1, 0.15) is 13.3 Å². The lowest BCUT2D eigenvalue weighted by Crippen LogP contribution is -2.42. The average Bonchev–Trinajstić information content (AvgIpc) is 2.39. The van der Waals surface area contributed by atoms with Crippen LogP contribution in [-0.2, 0) is 4.74 Å². The summed E-state index contributed by atoms with van der Waals surface area (Å²) in [5.41, 5.74) is 2.47. The van der Waals surface area contributed by atoms with Crippen LogP contribution < -0.4 is 16.2 Å². The van der Waals surface area contributed by atoms with Gasteiger partial charge in [0.1, 0.15) is 5.82 Å². The molecule has 2 rings (SSSR count). The van der Waals surface area contributed by atoms with E-state index in [0.717, 1.165) is 19.5 Å². The number of nitrogens with two attached hydrogens (primary N) is 1. The first-order valence-electron chi connectivity index (χ1n) is 5.85. The van der Waals surface area contributed by atoms with Crippen LogP contribution in [0.2, 0.25) is 10.0 Å². The summed E-state index contributed by atoms with van der Waals surface area (Å²) in [4.78, 5) is 6.45. The zero-order chi connectivity index (χ0) is 13.1. The number of hydrogen-bond acceptors (Lipinski definition) is 5. The van der Waals surface area contributed by atoms with Crippen molar-refractivity contribution in [1.82, 2.24) is 4.98 Å². The van der Waals surface area contributed by atoms with E-state index in [4.69, 9.17) is 33.8 Å². The van der Waals surface area contributed by atoms with Gasteiger partial charge in [-0.25, -0.2) is 10.8 Å². The van der Waals surface area contributed by atoms with Gasteiger partial charge in [0, 0.05) is 13.1 Å². The van der Waals surface area contributed by atoms with E-state index >= 15 is 0 Å². The molecule has 1 saturated heterocycles. The first kappa shape index (κ1) is 13.7. The van der Waals surface area contributed by atoms with Crippen molar-refractivity contribution in [1.29, 1.82) is 0 Å². The van der Waals surface area contributed by atoms with Crippen molar-refractivity contribution in [3.63, 3.8) is 0 Å². The Morgan fingerprint density at radius 3 is 3.00 bits per heavy atom. The monoisotopic (exact) mass is 290 g/mol. The van der Waals surface area contributed by atoms with E-state index in [-0.39, 0.29) is 6.10 Å². The van der Waals surface area contributed by atoms with E-state index in [2.05, 4.69) is 22.2 Å². The fraction of sp³-hybridized carbons (Fsp3) is 0.545. The van der Waals surface area contributed by atoms with Crippen molar-refractivity contribution in [2.75, 3.05) is 30.0 Å². The highest BCUT2D eigenvalue weighted by atomic mass is 35.5. The number of ether oxygens (including phenoxy) is 1. The Bertz CT molecular complexity index is 430. The van der Waals surface area contributed by atoms with Crippen molar-refractivity contribution in [2.45, 2.75) is 19.4 Å². The number of aromatic nitrogens is 1. The van der Waals surface area contributed by atoms with Crippen LogP contribution in [0.3, 0.4) is 0 Å². The summed E-state index contributed by atoms with van der Waals surface area (Å²) < 4.78 is 5.62. The maximum atomic E-state index is 6.18. The standard InChI is InChI=1S/C11H16Cl2N4O/c1-2-7-6-17(3-4-18-7)11-9(13)5-8(12)10(15-11)16-14/h5,7H,2-4,6,14H2,1H3,(H,15,16). The van der Waals surface area contributed by atoms with E-state index in [0.29, 0.717) is 28.3 Å². The van der Waals surface area contributed by atoms with Crippen LogP contribution in [0.5, 0.6) is 0 Å². The smallest absolute Gasteiger partial charge is 0.161 e. The van der Waals surface area contributed by atoms with Gasteiger partial charge in [0.15, 0.2) is 5.82 Å². The molecule has 0 aromatic carbocycles. The molecule has 1 fully saturated rings. The minimum atomic E-state index is 0.210. The molecule has 2 heterocycles. The number of morpholine rings is 1. The average molecular weight is 291 g/mol. The number of halogens is 2. The highest BCUT2D eigenvalue weighted by molar-refractivity contribution is 6.37. The van der Waals surface area contributed by atoms with Gasteiger partial charge in [-0.3, -0.25) is 0 Å². The van der Waals surface area contributed by atoms with Gasteiger partial charge in [-0.15, -0.1) is 0 Å². The van der Waals surface area contributed by atoms with Crippen molar-refractivity contribution in [3.8, 4) is 0 Å². The molecule has 0 amide bonds. The van der Waals surface area contributed by atoms with Gasteiger partial charge in [-0.1, -0.05) is 30.1 Å². The van der Waals surface area contributed by atoms with Gasteiger partial charge in [-0.05, 0) is 12.5 Å². The number of nitrogen functional groups attached to an aromatic ring is 1. The molecule has 1 aromatic rings. The van der Waals surface area contributed by atoms with Crippen molar-refractivity contribution >= 4 is 34.8 Å². The van der Waals surface area contributed by atoms with E-state index < -0.39 is 0 Å². The molecule has 0 saturated carbocycles.